The van der Waals surface area contributed by atoms with Gasteiger partial charge in [0.15, 0.2) is 0 Å². The summed E-state index contributed by atoms with van der Waals surface area (Å²) in [6.07, 6.45) is 4.62. The van der Waals surface area contributed by atoms with Gasteiger partial charge >= 0.3 is 0 Å². The van der Waals surface area contributed by atoms with E-state index >= 15 is 0 Å². The van der Waals surface area contributed by atoms with Gasteiger partial charge in [0.05, 0.1) is 19.8 Å². The van der Waals surface area contributed by atoms with E-state index < -0.39 is 0 Å². The molecule has 0 aromatic heterocycles. The van der Waals surface area contributed by atoms with E-state index in [2.05, 4.69) is 58.9 Å². The average molecular weight is 388 g/mol. The van der Waals surface area contributed by atoms with Gasteiger partial charge in [-0.15, -0.1) is 0 Å². The van der Waals surface area contributed by atoms with Crippen LogP contribution >= 0.6 is 0 Å². The molecule has 0 aliphatic carbocycles. The summed E-state index contributed by atoms with van der Waals surface area (Å²) in [5.41, 5.74) is 1.27. The van der Waals surface area contributed by atoms with Crippen LogP contribution in [-0.4, -0.2) is 78.6 Å². The quantitative estimate of drug-likeness (QED) is 0.687. The smallest absolute Gasteiger partial charge is 0.237 e. The molecule has 156 valence electrons. The van der Waals surface area contributed by atoms with E-state index in [1.165, 1.54) is 12.0 Å². The van der Waals surface area contributed by atoms with Gasteiger partial charge in [-0.1, -0.05) is 37.3 Å². The second-order valence-electron chi connectivity index (χ2n) is 8.30. The number of rotatable bonds is 8. The molecule has 0 saturated carbocycles. The SMILES string of the molecule is CCC1CCCCN1C(=O)CN(Cc1ccccc1)C(C)CN1CCOCC1. The van der Waals surface area contributed by atoms with Crippen molar-refractivity contribution in [2.75, 3.05) is 45.9 Å². The summed E-state index contributed by atoms with van der Waals surface area (Å²) in [4.78, 5) is 20.2. The molecule has 1 aromatic carbocycles. The number of benzene rings is 1. The van der Waals surface area contributed by atoms with Crippen LogP contribution in [-0.2, 0) is 16.1 Å². The van der Waals surface area contributed by atoms with Gasteiger partial charge in [0.1, 0.15) is 0 Å². The van der Waals surface area contributed by atoms with Crippen LogP contribution in [0.5, 0.6) is 0 Å². The van der Waals surface area contributed by atoms with E-state index in [0.29, 0.717) is 24.5 Å². The summed E-state index contributed by atoms with van der Waals surface area (Å²) in [5.74, 6) is 0.302. The van der Waals surface area contributed by atoms with E-state index in [1.54, 1.807) is 0 Å². The molecule has 3 rings (SSSR count). The fraction of sp³-hybridized carbons (Fsp3) is 0.696. The highest BCUT2D eigenvalue weighted by Crippen LogP contribution is 2.20. The van der Waals surface area contributed by atoms with Gasteiger partial charge in [0, 0.05) is 44.8 Å². The highest BCUT2D eigenvalue weighted by molar-refractivity contribution is 5.78. The summed E-state index contributed by atoms with van der Waals surface area (Å²) in [6.45, 7) is 11.3. The third-order valence-electron chi connectivity index (χ3n) is 6.24. The maximum atomic E-state index is 13.2. The van der Waals surface area contributed by atoms with Gasteiger partial charge in [-0.3, -0.25) is 14.6 Å². The Labute approximate surface area is 170 Å². The fourth-order valence-electron chi connectivity index (χ4n) is 4.48. The summed E-state index contributed by atoms with van der Waals surface area (Å²) in [6, 6.07) is 11.3. The van der Waals surface area contributed by atoms with E-state index in [1.807, 2.05) is 0 Å². The van der Waals surface area contributed by atoms with Crippen molar-refractivity contribution < 1.29 is 9.53 Å². The molecule has 0 bridgehead atoms. The number of hydrogen-bond donors (Lipinski definition) is 0. The largest absolute Gasteiger partial charge is 0.379 e. The molecule has 0 spiro atoms. The molecule has 2 aliphatic rings. The first kappa shape index (κ1) is 21.3. The molecule has 5 heteroatoms. The fourth-order valence-corrected chi connectivity index (χ4v) is 4.48. The number of amides is 1. The third-order valence-corrected chi connectivity index (χ3v) is 6.24. The highest BCUT2D eigenvalue weighted by atomic mass is 16.5. The molecule has 5 nitrogen and oxygen atoms in total. The predicted octanol–water partition coefficient (Wildman–Crippen LogP) is 3.00. The first-order chi connectivity index (χ1) is 13.7. The Morgan fingerprint density at radius 2 is 1.93 bits per heavy atom. The van der Waals surface area contributed by atoms with Crippen molar-refractivity contribution in [2.24, 2.45) is 0 Å². The summed E-state index contributed by atoms with van der Waals surface area (Å²) < 4.78 is 5.49. The maximum absolute atomic E-state index is 13.2. The molecule has 2 aliphatic heterocycles. The number of carbonyl (C=O) groups excluding carboxylic acids is 1. The molecule has 0 radical (unpaired) electrons. The Bertz CT molecular complexity index is 589. The molecule has 1 amide bonds. The number of carbonyl (C=O) groups is 1. The summed E-state index contributed by atoms with van der Waals surface area (Å²) in [5, 5.41) is 0. The Balaban J connectivity index is 1.66. The van der Waals surface area contributed by atoms with Crippen LogP contribution in [0.3, 0.4) is 0 Å². The lowest BCUT2D eigenvalue weighted by atomic mass is 10.00. The van der Waals surface area contributed by atoms with E-state index in [9.17, 15) is 4.79 Å². The van der Waals surface area contributed by atoms with Gasteiger partial charge < -0.3 is 9.64 Å². The second-order valence-corrected chi connectivity index (χ2v) is 8.30. The normalized spacial score (nSPS) is 22.4. The van der Waals surface area contributed by atoms with E-state index in [4.69, 9.17) is 4.74 Å². The van der Waals surface area contributed by atoms with Crippen molar-refractivity contribution in [3.63, 3.8) is 0 Å². The van der Waals surface area contributed by atoms with Gasteiger partial charge in [0.25, 0.3) is 0 Å². The molecule has 2 fully saturated rings. The molecular formula is C23H37N3O2. The van der Waals surface area contributed by atoms with Crippen LogP contribution in [0.4, 0.5) is 0 Å². The number of nitrogens with zero attached hydrogens (tertiary/aromatic N) is 3. The number of piperidine rings is 1. The average Bonchev–Trinajstić information content (AvgIpc) is 2.74. The zero-order chi connectivity index (χ0) is 19.8. The topological polar surface area (TPSA) is 36.0 Å². The van der Waals surface area contributed by atoms with Crippen LogP contribution in [0.15, 0.2) is 30.3 Å². The van der Waals surface area contributed by atoms with Crippen LogP contribution < -0.4 is 0 Å². The minimum Gasteiger partial charge on any atom is -0.379 e. The lowest BCUT2D eigenvalue weighted by Gasteiger charge is -2.39. The number of ether oxygens (including phenoxy) is 1. The molecular weight excluding hydrogens is 350 g/mol. The minimum absolute atomic E-state index is 0.302. The van der Waals surface area contributed by atoms with Gasteiger partial charge in [-0.05, 0) is 38.2 Å². The molecule has 2 atom stereocenters. The van der Waals surface area contributed by atoms with Crippen molar-refractivity contribution in [2.45, 2.75) is 58.2 Å². The van der Waals surface area contributed by atoms with Crippen LogP contribution in [0.2, 0.25) is 0 Å². The Hall–Kier alpha value is -1.43. The zero-order valence-corrected chi connectivity index (χ0v) is 17.7. The van der Waals surface area contributed by atoms with Crippen LogP contribution in [0, 0.1) is 0 Å². The van der Waals surface area contributed by atoms with E-state index in [-0.39, 0.29) is 0 Å². The summed E-state index contributed by atoms with van der Waals surface area (Å²) >= 11 is 0. The van der Waals surface area contributed by atoms with Gasteiger partial charge in [-0.25, -0.2) is 0 Å². The molecule has 2 saturated heterocycles. The van der Waals surface area contributed by atoms with Crippen molar-refractivity contribution in [1.82, 2.24) is 14.7 Å². The lowest BCUT2D eigenvalue weighted by molar-refractivity contribution is -0.137. The van der Waals surface area contributed by atoms with Crippen molar-refractivity contribution >= 4 is 5.91 Å². The summed E-state index contributed by atoms with van der Waals surface area (Å²) in [7, 11) is 0. The third kappa shape index (κ3) is 6.03. The molecule has 0 N–H and O–H groups in total. The van der Waals surface area contributed by atoms with Crippen LogP contribution in [0.25, 0.3) is 0 Å². The Morgan fingerprint density at radius 1 is 1.18 bits per heavy atom. The second kappa shape index (κ2) is 10.9. The molecule has 28 heavy (non-hydrogen) atoms. The van der Waals surface area contributed by atoms with Crippen molar-refractivity contribution in [3.8, 4) is 0 Å². The monoisotopic (exact) mass is 387 g/mol. The van der Waals surface area contributed by atoms with Crippen LogP contribution in [0.1, 0.15) is 45.1 Å². The highest BCUT2D eigenvalue weighted by Gasteiger charge is 2.28. The number of hydrogen-bond acceptors (Lipinski definition) is 4. The first-order valence-corrected chi connectivity index (χ1v) is 11.0. The number of likely N-dealkylation sites (tertiary alicyclic amines) is 1. The van der Waals surface area contributed by atoms with Crippen molar-refractivity contribution in [3.05, 3.63) is 35.9 Å². The molecule has 2 heterocycles. The van der Waals surface area contributed by atoms with Crippen molar-refractivity contribution in [1.29, 1.82) is 0 Å². The molecule has 1 aromatic rings. The van der Waals surface area contributed by atoms with E-state index in [0.717, 1.165) is 65.2 Å². The molecule has 2 unspecified atom stereocenters. The van der Waals surface area contributed by atoms with Gasteiger partial charge in [-0.2, -0.15) is 0 Å². The predicted molar refractivity (Wildman–Crippen MR) is 113 cm³/mol. The Morgan fingerprint density at radius 3 is 2.64 bits per heavy atom. The standard InChI is InChI=1S/C23H37N3O2/c1-3-22-11-7-8-12-26(22)23(27)19-25(18-21-9-5-4-6-10-21)20(2)17-24-13-15-28-16-14-24/h4-6,9-10,20,22H,3,7-8,11-19H2,1-2H3. The number of morpholine rings is 1. The maximum Gasteiger partial charge on any atom is 0.237 e. The van der Waals surface area contributed by atoms with Gasteiger partial charge in [0.2, 0.25) is 5.91 Å². The first-order valence-electron chi connectivity index (χ1n) is 11.0. The zero-order valence-electron chi connectivity index (χ0n) is 17.7. The minimum atomic E-state index is 0.302. The lowest BCUT2D eigenvalue weighted by Crippen LogP contribution is -2.51. The Kier molecular flexibility index (Phi) is 8.31.